The molecular weight excluding hydrogens is 466 g/mol. The fraction of sp³-hybridized carbons (Fsp3) is 0.500. The zero-order valence-electron chi connectivity index (χ0n) is 21.6. The van der Waals surface area contributed by atoms with E-state index in [0.717, 1.165) is 43.7 Å². The van der Waals surface area contributed by atoms with E-state index >= 15 is 0 Å². The van der Waals surface area contributed by atoms with Gasteiger partial charge in [0.1, 0.15) is 0 Å². The molecule has 1 amide bonds. The molecule has 2 aromatic carbocycles. The Bertz CT molecular complexity index is 1090. The lowest BCUT2D eigenvalue weighted by molar-refractivity contribution is -0.385. The fourth-order valence-electron chi connectivity index (χ4n) is 4.64. The quantitative estimate of drug-likeness (QED) is 0.268. The number of hydrogen-bond donors (Lipinski definition) is 1. The van der Waals surface area contributed by atoms with Gasteiger partial charge >= 0.3 is 0 Å². The highest BCUT2D eigenvalue weighted by molar-refractivity contribution is 5.80. The van der Waals surface area contributed by atoms with Gasteiger partial charge in [0.25, 0.3) is 5.69 Å². The van der Waals surface area contributed by atoms with Crippen LogP contribution in [0.15, 0.2) is 24.3 Å². The maximum absolute atomic E-state index is 12.5. The first kappa shape index (κ1) is 27.1. The number of likely N-dealkylation sites (N-methyl/N-ethyl adjacent to an activating group) is 1. The molecule has 36 heavy (non-hydrogen) atoms. The second-order valence-corrected chi connectivity index (χ2v) is 8.83. The molecule has 1 atom stereocenters. The number of carbonyl (C=O) groups is 1. The van der Waals surface area contributed by atoms with Crippen LogP contribution < -0.4 is 24.3 Å². The molecule has 0 saturated heterocycles. The summed E-state index contributed by atoms with van der Waals surface area (Å²) >= 11 is 0. The van der Waals surface area contributed by atoms with E-state index in [2.05, 4.69) is 29.4 Å². The van der Waals surface area contributed by atoms with Gasteiger partial charge in [-0.15, -0.1) is 0 Å². The third-order valence-corrected chi connectivity index (χ3v) is 6.67. The molecule has 1 N–H and O–H groups in total. The molecular formula is C26H35N3O7. The molecule has 0 radical (unpaired) electrons. The molecule has 2 aromatic rings. The lowest BCUT2D eigenvalue weighted by atomic mass is 9.87. The monoisotopic (exact) mass is 501 g/mol. The maximum atomic E-state index is 12.5. The van der Waals surface area contributed by atoms with Crippen molar-refractivity contribution < 1.29 is 28.7 Å². The summed E-state index contributed by atoms with van der Waals surface area (Å²) in [4.78, 5) is 25.8. The van der Waals surface area contributed by atoms with Gasteiger partial charge in [0, 0.05) is 18.2 Å². The third-order valence-electron chi connectivity index (χ3n) is 6.67. The molecule has 0 aromatic heterocycles. The number of nitro groups is 1. The average molecular weight is 502 g/mol. The summed E-state index contributed by atoms with van der Waals surface area (Å²) in [6.07, 6.45) is 3.62. The molecule has 3 rings (SSSR count). The number of fused-ring (bicyclic) bond motifs is 1. The van der Waals surface area contributed by atoms with Crippen LogP contribution in [0.25, 0.3) is 0 Å². The number of amides is 1. The normalized spacial score (nSPS) is 14.7. The standard InChI is InChI=1S/C26H35N3O7/c1-28(20-8-7-17-12-22(33-2)23(34-3)13-18(17)11-20)10-6-9-27-26(30)15-19-14-24(35-4)25(36-5)16-21(19)29(31)32/h12-14,16,20H,6-11,15H2,1-5H3,(H,27,30). The van der Waals surface area contributed by atoms with Gasteiger partial charge in [0.05, 0.1) is 45.8 Å². The number of nitrogens with zero attached hydrogens (tertiary/aromatic N) is 2. The number of carbonyl (C=O) groups excluding carboxylic acids is 1. The Balaban J connectivity index is 1.50. The van der Waals surface area contributed by atoms with Crippen LogP contribution in [0.3, 0.4) is 0 Å². The average Bonchev–Trinajstić information content (AvgIpc) is 2.89. The molecule has 10 nitrogen and oxygen atoms in total. The highest BCUT2D eigenvalue weighted by atomic mass is 16.6. The topological polar surface area (TPSA) is 112 Å². The zero-order chi connectivity index (χ0) is 26.2. The number of hydrogen-bond acceptors (Lipinski definition) is 8. The second kappa shape index (κ2) is 12.4. The molecule has 0 heterocycles. The predicted molar refractivity (Wildman–Crippen MR) is 136 cm³/mol. The van der Waals surface area contributed by atoms with E-state index in [-0.39, 0.29) is 29.3 Å². The third kappa shape index (κ3) is 6.37. The van der Waals surface area contributed by atoms with Gasteiger partial charge in [-0.05, 0) is 68.6 Å². The van der Waals surface area contributed by atoms with Gasteiger partial charge in [0.2, 0.25) is 5.91 Å². The van der Waals surface area contributed by atoms with Crippen molar-refractivity contribution in [3.63, 3.8) is 0 Å². The van der Waals surface area contributed by atoms with Crippen molar-refractivity contribution in [2.75, 3.05) is 48.6 Å². The van der Waals surface area contributed by atoms with Gasteiger partial charge in [-0.25, -0.2) is 0 Å². The molecule has 0 fully saturated rings. The number of aryl methyl sites for hydroxylation is 1. The van der Waals surface area contributed by atoms with Crippen molar-refractivity contribution in [2.45, 2.75) is 38.1 Å². The summed E-state index contributed by atoms with van der Waals surface area (Å²) in [5.41, 5.74) is 2.68. The van der Waals surface area contributed by atoms with Crippen molar-refractivity contribution in [3.8, 4) is 23.0 Å². The summed E-state index contributed by atoms with van der Waals surface area (Å²) in [5, 5.41) is 14.3. The molecule has 0 spiro atoms. The van der Waals surface area contributed by atoms with Gasteiger partial charge in [-0.3, -0.25) is 14.9 Å². The van der Waals surface area contributed by atoms with E-state index in [4.69, 9.17) is 18.9 Å². The van der Waals surface area contributed by atoms with Crippen LogP contribution in [-0.2, 0) is 24.1 Å². The van der Waals surface area contributed by atoms with Crippen LogP contribution in [0.4, 0.5) is 5.69 Å². The van der Waals surface area contributed by atoms with E-state index in [9.17, 15) is 14.9 Å². The minimum absolute atomic E-state index is 0.114. The summed E-state index contributed by atoms with van der Waals surface area (Å²) in [5.74, 6) is 1.83. The molecule has 1 aliphatic rings. The Morgan fingerprint density at radius 1 is 1.00 bits per heavy atom. The number of nitrogens with one attached hydrogen (secondary N) is 1. The van der Waals surface area contributed by atoms with Crippen molar-refractivity contribution in [2.24, 2.45) is 0 Å². The molecule has 0 aliphatic heterocycles. The number of methoxy groups -OCH3 is 4. The zero-order valence-corrected chi connectivity index (χ0v) is 21.6. The molecule has 0 saturated carbocycles. The first-order valence-electron chi connectivity index (χ1n) is 11.9. The van der Waals surface area contributed by atoms with Crippen LogP contribution in [0.5, 0.6) is 23.0 Å². The van der Waals surface area contributed by atoms with Crippen molar-refractivity contribution in [1.29, 1.82) is 0 Å². The fourth-order valence-corrected chi connectivity index (χ4v) is 4.64. The highest BCUT2D eigenvalue weighted by Crippen LogP contribution is 2.36. The summed E-state index contributed by atoms with van der Waals surface area (Å²) in [7, 11) is 8.25. The molecule has 196 valence electrons. The van der Waals surface area contributed by atoms with Gasteiger partial charge in [-0.1, -0.05) is 0 Å². The van der Waals surface area contributed by atoms with Crippen molar-refractivity contribution >= 4 is 11.6 Å². The van der Waals surface area contributed by atoms with E-state index in [0.29, 0.717) is 18.3 Å². The van der Waals surface area contributed by atoms with Crippen LogP contribution in [0.1, 0.15) is 29.5 Å². The van der Waals surface area contributed by atoms with Crippen LogP contribution in [0, 0.1) is 10.1 Å². The van der Waals surface area contributed by atoms with E-state index in [1.807, 2.05) is 0 Å². The second-order valence-electron chi connectivity index (χ2n) is 8.83. The number of benzene rings is 2. The summed E-state index contributed by atoms with van der Waals surface area (Å²) < 4.78 is 21.2. The van der Waals surface area contributed by atoms with Gasteiger partial charge < -0.3 is 29.2 Å². The lowest BCUT2D eigenvalue weighted by Crippen LogP contribution is -2.38. The first-order valence-corrected chi connectivity index (χ1v) is 11.9. The highest BCUT2D eigenvalue weighted by Gasteiger charge is 2.24. The minimum Gasteiger partial charge on any atom is -0.493 e. The van der Waals surface area contributed by atoms with E-state index < -0.39 is 4.92 Å². The van der Waals surface area contributed by atoms with Crippen molar-refractivity contribution in [1.82, 2.24) is 10.2 Å². The molecule has 10 heteroatoms. The Kier molecular flexibility index (Phi) is 9.35. The minimum atomic E-state index is -0.520. The Morgan fingerprint density at radius 3 is 2.19 bits per heavy atom. The lowest BCUT2D eigenvalue weighted by Gasteiger charge is -2.33. The molecule has 1 aliphatic carbocycles. The maximum Gasteiger partial charge on any atom is 0.277 e. The predicted octanol–water partition coefficient (Wildman–Crippen LogP) is 3.17. The smallest absolute Gasteiger partial charge is 0.277 e. The van der Waals surface area contributed by atoms with Crippen molar-refractivity contribution in [3.05, 3.63) is 51.1 Å². The number of rotatable bonds is 12. The SMILES string of the molecule is COc1cc2c(cc1OC)CC(N(C)CCCNC(=O)Cc1cc(OC)c(OC)cc1[N+](=O)[O-])CC2. The van der Waals surface area contributed by atoms with Crippen LogP contribution >= 0.6 is 0 Å². The first-order chi connectivity index (χ1) is 17.3. The molecule has 0 bridgehead atoms. The van der Waals surface area contributed by atoms with E-state index in [1.54, 1.807) is 14.2 Å². The van der Waals surface area contributed by atoms with Crippen LogP contribution in [0.2, 0.25) is 0 Å². The summed E-state index contributed by atoms with van der Waals surface area (Å²) in [6.45, 7) is 1.31. The summed E-state index contributed by atoms with van der Waals surface area (Å²) in [6, 6.07) is 7.31. The van der Waals surface area contributed by atoms with Gasteiger partial charge in [-0.2, -0.15) is 0 Å². The molecule has 1 unspecified atom stereocenters. The largest absolute Gasteiger partial charge is 0.493 e. The number of nitro benzene ring substituents is 1. The number of ether oxygens (including phenoxy) is 4. The Morgan fingerprint density at radius 2 is 1.58 bits per heavy atom. The Hall–Kier alpha value is -3.53. The van der Waals surface area contributed by atoms with Crippen LogP contribution in [-0.4, -0.2) is 70.3 Å². The van der Waals surface area contributed by atoms with Gasteiger partial charge in [0.15, 0.2) is 23.0 Å². The van der Waals surface area contributed by atoms with E-state index in [1.165, 1.54) is 37.5 Å². The Labute approximate surface area is 211 Å².